The molecule has 3 amide bonds. The Morgan fingerprint density at radius 2 is 1.69 bits per heavy atom. The van der Waals surface area contributed by atoms with Gasteiger partial charge in [-0.05, 0) is 50.2 Å². The molecule has 2 atom stereocenters. The third-order valence-electron chi connectivity index (χ3n) is 5.99. The van der Waals surface area contributed by atoms with Crippen LogP contribution in [0.2, 0.25) is 0 Å². The number of nitrogens with one attached hydrogen (secondary N) is 2. The first-order valence-electron chi connectivity index (χ1n) is 10.7. The van der Waals surface area contributed by atoms with E-state index >= 15 is 0 Å². The molecular formula is C23H35N3O3. The number of hydrogen-bond donors (Lipinski definition) is 2. The lowest BCUT2D eigenvalue weighted by atomic mass is 9.88. The SMILES string of the molecule is CCC(=O)N1CCC([C@@H](NC(=O)c2ccccc2C)C(=O)N[C@H](C)C(C)C)CC1. The zero-order valence-electron chi connectivity index (χ0n) is 18.3. The van der Waals surface area contributed by atoms with Crippen LogP contribution in [0.3, 0.4) is 0 Å². The van der Waals surface area contributed by atoms with Gasteiger partial charge >= 0.3 is 0 Å². The maximum absolute atomic E-state index is 13.1. The van der Waals surface area contributed by atoms with Crippen molar-refractivity contribution in [2.24, 2.45) is 11.8 Å². The average molecular weight is 402 g/mol. The van der Waals surface area contributed by atoms with E-state index in [4.69, 9.17) is 0 Å². The number of amides is 3. The van der Waals surface area contributed by atoms with Crippen molar-refractivity contribution in [2.75, 3.05) is 13.1 Å². The molecule has 0 aliphatic carbocycles. The van der Waals surface area contributed by atoms with Gasteiger partial charge in [0.05, 0.1) is 0 Å². The third-order valence-corrected chi connectivity index (χ3v) is 5.99. The summed E-state index contributed by atoms with van der Waals surface area (Å²) >= 11 is 0. The van der Waals surface area contributed by atoms with Gasteiger partial charge in [0, 0.05) is 31.1 Å². The molecule has 29 heavy (non-hydrogen) atoms. The minimum atomic E-state index is -0.609. The van der Waals surface area contributed by atoms with Crippen LogP contribution in [0.1, 0.15) is 62.9 Å². The van der Waals surface area contributed by atoms with Gasteiger partial charge in [-0.15, -0.1) is 0 Å². The molecule has 0 saturated carbocycles. The Balaban J connectivity index is 2.15. The highest BCUT2D eigenvalue weighted by molar-refractivity contribution is 5.98. The number of nitrogens with zero attached hydrogens (tertiary/aromatic N) is 1. The molecule has 2 rings (SSSR count). The van der Waals surface area contributed by atoms with E-state index in [9.17, 15) is 14.4 Å². The summed E-state index contributed by atoms with van der Waals surface area (Å²) < 4.78 is 0. The maximum atomic E-state index is 13.1. The Kier molecular flexibility index (Phi) is 8.23. The summed E-state index contributed by atoms with van der Waals surface area (Å²) in [6.45, 7) is 11.1. The van der Waals surface area contributed by atoms with Crippen molar-refractivity contribution >= 4 is 17.7 Å². The Labute approximate surface area is 174 Å². The largest absolute Gasteiger partial charge is 0.352 e. The van der Waals surface area contributed by atoms with E-state index < -0.39 is 6.04 Å². The molecule has 0 bridgehead atoms. The first-order chi connectivity index (χ1) is 13.7. The number of carbonyl (C=O) groups excluding carboxylic acids is 3. The molecule has 1 aliphatic rings. The van der Waals surface area contributed by atoms with Crippen molar-refractivity contribution in [3.63, 3.8) is 0 Å². The van der Waals surface area contributed by atoms with Crippen LogP contribution < -0.4 is 10.6 Å². The lowest BCUT2D eigenvalue weighted by molar-refractivity contribution is -0.132. The van der Waals surface area contributed by atoms with Crippen LogP contribution in [0.15, 0.2) is 24.3 Å². The van der Waals surface area contributed by atoms with E-state index in [-0.39, 0.29) is 29.7 Å². The number of aryl methyl sites for hydroxylation is 1. The van der Waals surface area contributed by atoms with Gasteiger partial charge in [-0.1, -0.05) is 39.0 Å². The molecule has 0 unspecified atom stereocenters. The fourth-order valence-corrected chi connectivity index (χ4v) is 3.63. The highest BCUT2D eigenvalue weighted by Gasteiger charge is 2.34. The number of benzene rings is 1. The van der Waals surface area contributed by atoms with Gasteiger partial charge in [0.15, 0.2) is 0 Å². The van der Waals surface area contributed by atoms with Crippen LogP contribution in [-0.2, 0) is 9.59 Å². The van der Waals surface area contributed by atoms with Gasteiger partial charge < -0.3 is 15.5 Å². The van der Waals surface area contributed by atoms with E-state index in [1.807, 2.05) is 43.9 Å². The van der Waals surface area contributed by atoms with E-state index in [1.165, 1.54) is 0 Å². The van der Waals surface area contributed by atoms with E-state index in [0.29, 0.717) is 43.8 Å². The zero-order valence-corrected chi connectivity index (χ0v) is 18.3. The fourth-order valence-electron chi connectivity index (χ4n) is 3.63. The lowest BCUT2D eigenvalue weighted by Crippen LogP contribution is -2.55. The molecule has 1 aromatic carbocycles. The molecule has 0 aromatic heterocycles. The highest BCUT2D eigenvalue weighted by Crippen LogP contribution is 2.22. The van der Waals surface area contributed by atoms with E-state index in [2.05, 4.69) is 24.5 Å². The van der Waals surface area contributed by atoms with Crippen LogP contribution in [0.5, 0.6) is 0 Å². The van der Waals surface area contributed by atoms with Crippen molar-refractivity contribution in [3.8, 4) is 0 Å². The minimum Gasteiger partial charge on any atom is -0.352 e. The Morgan fingerprint density at radius 3 is 2.24 bits per heavy atom. The van der Waals surface area contributed by atoms with E-state index in [1.54, 1.807) is 6.07 Å². The number of carbonyl (C=O) groups is 3. The summed E-state index contributed by atoms with van der Waals surface area (Å²) in [6, 6.07) is 6.79. The maximum Gasteiger partial charge on any atom is 0.252 e. The van der Waals surface area contributed by atoms with Crippen molar-refractivity contribution in [3.05, 3.63) is 35.4 Å². The summed E-state index contributed by atoms with van der Waals surface area (Å²) in [4.78, 5) is 39.8. The molecule has 1 aromatic rings. The second kappa shape index (κ2) is 10.4. The third kappa shape index (κ3) is 6.05. The monoisotopic (exact) mass is 401 g/mol. The van der Waals surface area contributed by atoms with Crippen molar-refractivity contribution < 1.29 is 14.4 Å². The Bertz CT molecular complexity index is 724. The number of likely N-dealkylation sites (tertiary alicyclic amines) is 1. The van der Waals surface area contributed by atoms with Gasteiger partial charge in [0.2, 0.25) is 11.8 Å². The molecule has 2 N–H and O–H groups in total. The first-order valence-corrected chi connectivity index (χ1v) is 10.7. The zero-order chi connectivity index (χ0) is 21.6. The van der Waals surface area contributed by atoms with Gasteiger partial charge in [0.1, 0.15) is 6.04 Å². The number of hydrogen-bond acceptors (Lipinski definition) is 3. The van der Waals surface area contributed by atoms with Crippen LogP contribution in [-0.4, -0.2) is 47.8 Å². The quantitative estimate of drug-likeness (QED) is 0.737. The highest BCUT2D eigenvalue weighted by atomic mass is 16.2. The second-order valence-electron chi connectivity index (χ2n) is 8.38. The van der Waals surface area contributed by atoms with Crippen molar-refractivity contribution in [1.82, 2.24) is 15.5 Å². The van der Waals surface area contributed by atoms with Crippen LogP contribution in [0.25, 0.3) is 0 Å². The van der Waals surface area contributed by atoms with Gasteiger partial charge in [-0.2, -0.15) is 0 Å². The number of piperidine rings is 1. The van der Waals surface area contributed by atoms with Crippen LogP contribution in [0.4, 0.5) is 0 Å². The normalized spacial score (nSPS) is 17.0. The van der Waals surface area contributed by atoms with Gasteiger partial charge in [0.25, 0.3) is 5.91 Å². The second-order valence-corrected chi connectivity index (χ2v) is 8.38. The molecule has 1 aliphatic heterocycles. The average Bonchev–Trinajstić information content (AvgIpc) is 2.71. The van der Waals surface area contributed by atoms with E-state index in [0.717, 1.165) is 5.56 Å². The van der Waals surface area contributed by atoms with Crippen LogP contribution in [0, 0.1) is 18.8 Å². The molecule has 1 fully saturated rings. The Hall–Kier alpha value is -2.37. The predicted octanol–water partition coefficient (Wildman–Crippen LogP) is 2.90. The molecule has 6 nitrogen and oxygen atoms in total. The molecule has 1 heterocycles. The number of rotatable bonds is 7. The predicted molar refractivity (Wildman–Crippen MR) is 114 cm³/mol. The molecule has 160 valence electrons. The molecular weight excluding hydrogens is 366 g/mol. The smallest absolute Gasteiger partial charge is 0.252 e. The summed E-state index contributed by atoms with van der Waals surface area (Å²) in [7, 11) is 0. The molecule has 1 saturated heterocycles. The first kappa shape index (κ1) is 22.9. The minimum absolute atomic E-state index is 0.00300. The standard InChI is InChI=1S/C23H35N3O3/c1-6-20(27)26-13-11-18(12-14-26)21(23(29)24-17(5)15(2)3)25-22(28)19-10-8-7-9-16(19)4/h7-10,15,17-18,21H,6,11-14H2,1-5H3,(H,24,29)(H,25,28)/t17-,21-/m1/s1. The lowest BCUT2D eigenvalue weighted by Gasteiger charge is -2.36. The summed E-state index contributed by atoms with van der Waals surface area (Å²) in [5.74, 6) is 0.0710. The Morgan fingerprint density at radius 1 is 1.07 bits per heavy atom. The molecule has 6 heteroatoms. The summed E-state index contributed by atoms with van der Waals surface area (Å²) in [5.41, 5.74) is 1.46. The van der Waals surface area contributed by atoms with Crippen molar-refractivity contribution in [1.29, 1.82) is 0 Å². The molecule has 0 spiro atoms. The summed E-state index contributed by atoms with van der Waals surface area (Å²) in [6.07, 6.45) is 1.90. The van der Waals surface area contributed by atoms with Crippen LogP contribution >= 0.6 is 0 Å². The van der Waals surface area contributed by atoms with Gasteiger partial charge in [-0.25, -0.2) is 0 Å². The molecule has 0 radical (unpaired) electrons. The topological polar surface area (TPSA) is 78.5 Å². The fraction of sp³-hybridized carbons (Fsp3) is 0.609. The van der Waals surface area contributed by atoms with Crippen molar-refractivity contribution in [2.45, 2.75) is 66.0 Å². The summed E-state index contributed by atoms with van der Waals surface area (Å²) in [5, 5.41) is 6.05. The van der Waals surface area contributed by atoms with Gasteiger partial charge in [-0.3, -0.25) is 14.4 Å².